The minimum absolute atomic E-state index is 0.0127. The highest BCUT2D eigenvalue weighted by Crippen LogP contribution is 2.22. The van der Waals surface area contributed by atoms with E-state index in [9.17, 15) is 18.4 Å². The molecule has 1 aromatic carbocycles. The lowest BCUT2D eigenvalue weighted by atomic mass is 10.3. The van der Waals surface area contributed by atoms with E-state index >= 15 is 0 Å². The van der Waals surface area contributed by atoms with Crippen molar-refractivity contribution in [2.45, 2.75) is 33.9 Å². The molecule has 2 heterocycles. The van der Waals surface area contributed by atoms with Gasteiger partial charge in [0.25, 0.3) is 5.91 Å². The Balaban J connectivity index is 2.15. The number of halogens is 2. The fraction of sp³-hybridized carbons (Fsp3) is 0.333. The lowest BCUT2D eigenvalue weighted by molar-refractivity contribution is -0.143. The van der Waals surface area contributed by atoms with Gasteiger partial charge >= 0.3 is 5.97 Å². The average Bonchev–Trinajstić information content (AvgIpc) is 3.15. The number of rotatable bonds is 5. The number of benzene rings is 1. The molecule has 0 fully saturated rings. The standard InChI is InChI=1S/C18H18F2N4O3S/c1-4-24-10(3)6-13(22-24)17(26)21-18-23(9-15(25)27-5-2)16-12(20)7-11(19)8-14(16)28-18/h6-8H,4-5,9H2,1-3H3. The van der Waals surface area contributed by atoms with Crippen LogP contribution in [0.1, 0.15) is 30.0 Å². The fourth-order valence-electron chi connectivity index (χ4n) is 2.78. The quantitative estimate of drug-likeness (QED) is 0.608. The van der Waals surface area contributed by atoms with Crippen LogP contribution in [0, 0.1) is 18.6 Å². The van der Waals surface area contributed by atoms with E-state index in [1.165, 1.54) is 4.57 Å². The molecule has 0 unspecified atom stereocenters. The molecule has 0 aliphatic carbocycles. The van der Waals surface area contributed by atoms with Crippen LogP contribution in [0.15, 0.2) is 23.2 Å². The van der Waals surface area contributed by atoms with Crippen LogP contribution in [0.3, 0.4) is 0 Å². The first-order valence-corrected chi connectivity index (χ1v) is 9.43. The van der Waals surface area contributed by atoms with Crippen LogP contribution in [0.5, 0.6) is 0 Å². The number of amides is 1. The summed E-state index contributed by atoms with van der Waals surface area (Å²) >= 11 is 0.905. The molecule has 0 bridgehead atoms. The third-order valence-electron chi connectivity index (χ3n) is 3.98. The van der Waals surface area contributed by atoms with E-state index in [-0.39, 0.29) is 33.9 Å². The third kappa shape index (κ3) is 3.86. The summed E-state index contributed by atoms with van der Waals surface area (Å²) in [5.74, 6) is -2.87. The Morgan fingerprint density at radius 1 is 1.25 bits per heavy atom. The van der Waals surface area contributed by atoms with Crippen molar-refractivity contribution in [2.24, 2.45) is 4.99 Å². The van der Waals surface area contributed by atoms with E-state index in [0.29, 0.717) is 12.6 Å². The van der Waals surface area contributed by atoms with Crippen LogP contribution < -0.4 is 4.80 Å². The van der Waals surface area contributed by atoms with Crippen molar-refractivity contribution < 1.29 is 23.1 Å². The summed E-state index contributed by atoms with van der Waals surface area (Å²) in [7, 11) is 0. The molecule has 0 saturated heterocycles. The molecule has 7 nitrogen and oxygen atoms in total. The van der Waals surface area contributed by atoms with Crippen molar-refractivity contribution in [1.29, 1.82) is 0 Å². The van der Waals surface area contributed by atoms with Crippen molar-refractivity contribution in [3.63, 3.8) is 0 Å². The SMILES string of the molecule is CCOC(=O)Cn1c(=NC(=O)c2cc(C)n(CC)n2)sc2cc(F)cc(F)c21. The Kier molecular flexibility index (Phi) is 5.68. The van der Waals surface area contributed by atoms with Crippen molar-refractivity contribution >= 4 is 33.4 Å². The second-order valence-electron chi connectivity index (χ2n) is 5.91. The number of hydrogen-bond donors (Lipinski definition) is 0. The molecule has 3 aromatic rings. The van der Waals surface area contributed by atoms with E-state index in [1.54, 1.807) is 17.7 Å². The number of thiazole rings is 1. The molecule has 148 valence electrons. The van der Waals surface area contributed by atoms with Crippen molar-refractivity contribution in [3.05, 3.63) is 46.0 Å². The van der Waals surface area contributed by atoms with Crippen LogP contribution in [-0.2, 0) is 22.6 Å². The summed E-state index contributed by atoms with van der Waals surface area (Å²) in [6.07, 6.45) is 0. The molecule has 0 N–H and O–H groups in total. The molecular weight excluding hydrogens is 390 g/mol. The maximum Gasteiger partial charge on any atom is 0.326 e. The van der Waals surface area contributed by atoms with Gasteiger partial charge in [-0.05, 0) is 32.9 Å². The predicted octanol–water partition coefficient (Wildman–Crippen LogP) is 2.81. The van der Waals surface area contributed by atoms with Crippen LogP contribution in [0.2, 0.25) is 0 Å². The zero-order valence-electron chi connectivity index (χ0n) is 15.5. The van der Waals surface area contributed by atoms with Gasteiger partial charge in [0.2, 0.25) is 0 Å². The van der Waals surface area contributed by atoms with Crippen molar-refractivity contribution in [2.75, 3.05) is 6.61 Å². The number of aromatic nitrogens is 3. The number of fused-ring (bicyclic) bond motifs is 1. The molecule has 28 heavy (non-hydrogen) atoms. The number of hydrogen-bond acceptors (Lipinski definition) is 5. The van der Waals surface area contributed by atoms with Gasteiger partial charge in [-0.2, -0.15) is 10.1 Å². The van der Waals surface area contributed by atoms with Crippen LogP contribution in [-0.4, -0.2) is 32.8 Å². The average molecular weight is 408 g/mol. The van der Waals surface area contributed by atoms with Gasteiger partial charge in [0.15, 0.2) is 16.3 Å². The first kappa shape index (κ1) is 19.9. The van der Waals surface area contributed by atoms with E-state index in [4.69, 9.17) is 4.74 Å². The predicted molar refractivity (Wildman–Crippen MR) is 98.9 cm³/mol. The second-order valence-corrected chi connectivity index (χ2v) is 6.92. The van der Waals surface area contributed by atoms with Crippen LogP contribution in [0.25, 0.3) is 10.2 Å². The molecule has 0 spiro atoms. The first-order valence-electron chi connectivity index (χ1n) is 8.61. The summed E-state index contributed by atoms with van der Waals surface area (Å²) in [6, 6.07) is 3.44. The highest BCUT2D eigenvalue weighted by atomic mass is 32.1. The highest BCUT2D eigenvalue weighted by Gasteiger charge is 2.18. The van der Waals surface area contributed by atoms with E-state index in [0.717, 1.165) is 23.1 Å². The molecule has 0 aliphatic heterocycles. The Hall–Kier alpha value is -2.88. The monoisotopic (exact) mass is 408 g/mol. The third-order valence-corrected chi connectivity index (χ3v) is 5.01. The molecular formula is C18H18F2N4O3S. The van der Waals surface area contributed by atoms with Crippen molar-refractivity contribution in [1.82, 2.24) is 14.3 Å². The molecule has 3 rings (SSSR count). The Morgan fingerprint density at radius 3 is 2.64 bits per heavy atom. The summed E-state index contributed by atoms with van der Waals surface area (Å²) in [4.78, 5) is 28.6. The summed E-state index contributed by atoms with van der Waals surface area (Å²) in [5, 5.41) is 4.17. The smallest absolute Gasteiger partial charge is 0.326 e. The molecule has 0 aliphatic rings. The van der Waals surface area contributed by atoms with Gasteiger partial charge in [-0.15, -0.1) is 0 Å². The Bertz CT molecular complexity index is 1130. The topological polar surface area (TPSA) is 78.5 Å². The Labute approximate surface area is 162 Å². The second kappa shape index (κ2) is 8.01. The lowest BCUT2D eigenvalue weighted by Gasteiger charge is -2.05. The van der Waals surface area contributed by atoms with Gasteiger partial charge in [0, 0.05) is 18.3 Å². The summed E-state index contributed by atoms with van der Waals surface area (Å²) < 4.78 is 36.0. The van der Waals surface area contributed by atoms with Crippen LogP contribution in [0.4, 0.5) is 8.78 Å². The number of carbonyl (C=O) groups is 2. The fourth-order valence-corrected chi connectivity index (χ4v) is 3.84. The summed E-state index contributed by atoms with van der Waals surface area (Å²) in [6.45, 7) is 5.73. The maximum absolute atomic E-state index is 14.4. The number of ether oxygens (including phenoxy) is 1. The normalized spacial score (nSPS) is 12.0. The first-order chi connectivity index (χ1) is 13.3. The van der Waals surface area contributed by atoms with Gasteiger partial charge in [-0.25, -0.2) is 8.78 Å². The van der Waals surface area contributed by atoms with Gasteiger partial charge < -0.3 is 9.30 Å². The molecule has 0 radical (unpaired) electrons. The van der Waals surface area contributed by atoms with Crippen molar-refractivity contribution in [3.8, 4) is 0 Å². The zero-order chi connectivity index (χ0) is 20.4. The molecule has 0 saturated carbocycles. The van der Waals surface area contributed by atoms with Gasteiger partial charge in [-0.3, -0.25) is 14.3 Å². The van der Waals surface area contributed by atoms with Gasteiger partial charge in [0.05, 0.1) is 16.8 Å². The summed E-state index contributed by atoms with van der Waals surface area (Å²) in [5.41, 5.74) is 0.914. The minimum atomic E-state index is -0.851. The molecule has 0 atom stereocenters. The molecule has 10 heteroatoms. The van der Waals surface area contributed by atoms with E-state index < -0.39 is 23.5 Å². The largest absolute Gasteiger partial charge is 0.465 e. The molecule has 1 amide bonds. The lowest BCUT2D eigenvalue weighted by Crippen LogP contribution is -2.23. The number of aryl methyl sites for hydroxylation is 2. The number of esters is 1. The number of nitrogens with zero attached hydrogens (tertiary/aromatic N) is 4. The highest BCUT2D eigenvalue weighted by molar-refractivity contribution is 7.16. The van der Waals surface area contributed by atoms with Gasteiger partial charge in [0.1, 0.15) is 12.4 Å². The van der Waals surface area contributed by atoms with E-state index in [2.05, 4.69) is 10.1 Å². The van der Waals surface area contributed by atoms with Gasteiger partial charge in [-0.1, -0.05) is 11.3 Å². The zero-order valence-corrected chi connectivity index (χ0v) is 16.3. The number of carbonyl (C=O) groups excluding carboxylic acids is 2. The maximum atomic E-state index is 14.4. The van der Waals surface area contributed by atoms with E-state index in [1.807, 2.05) is 13.8 Å². The minimum Gasteiger partial charge on any atom is -0.465 e. The van der Waals surface area contributed by atoms with Crippen LogP contribution >= 0.6 is 11.3 Å². The molecule has 2 aromatic heterocycles. The Morgan fingerprint density at radius 2 is 2.00 bits per heavy atom.